The first-order valence-electron chi connectivity index (χ1n) is 13.5. The number of phosphoric ester groups is 1. The van der Waals surface area contributed by atoms with Gasteiger partial charge in [0.25, 0.3) is 0 Å². The Hall–Kier alpha value is -0.190. The van der Waals surface area contributed by atoms with Crippen molar-refractivity contribution in [3.05, 3.63) is 11.6 Å². The molecule has 3 saturated carbocycles. The molecule has 3 fully saturated rings. The Morgan fingerprint density at radius 3 is 2.45 bits per heavy atom. The second-order valence-electron chi connectivity index (χ2n) is 12.8. The van der Waals surface area contributed by atoms with Crippen molar-refractivity contribution >= 4 is 7.82 Å². The Morgan fingerprint density at radius 2 is 1.79 bits per heavy atom. The fourth-order valence-electron chi connectivity index (χ4n) is 8.86. The van der Waals surface area contributed by atoms with Crippen molar-refractivity contribution in [3.8, 4) is 0 Å². The van der Waals surface area contributed by atoms with Gasteiger partial charge >= 0.3 is 7.82 Å². The summed E-state index contributed by atoms with van der Waals surface area (Å²) in [4.78, 5) is 18.5. The molecule has 5 nitrogen and oxygen atoms in total. The number of aliphatic hydroxyl groups is 1. The Labute approximate surface area is 201 Å². The third-order valence-corrected chi connectivity index (χ3v) is 11.4. The topological polar surface area (TPSA) is 87.0 Å². The number of fused-ring (bicyclic) bond motifs is 5. The highest BCUT2D eigenvalue weighted by Crippen LogP contribution is 2.67. The SMILES string of the molecule is CC(C)[C@@H](O)CC[C@@H](C)[C@H]1CC[C@H]2[C@@H]3CC=C4C[C@@H](OP(=O)(O)O)CC[C@]4(C)[C@H]3CC[C@]12C. The summed E-state index contributed by atoms with van der Waals surface area (Å²) in [5.74, 6) is 3.95. The number of allylic oxidation sites excluding steroid dienone is 1. The van der Waals surface area contributed by atoms with E-state index in [-0.39, 0.29) is 17.6 Å². The first kappa shape index (κ1) is 25.9. The van der Waals surface area contributed by atoms with Gasteiger partial charge in [-0.15, -0.1) is 0 Å². The lowest BCUT2D eigenvalue weighted by Gasteiger charge is -2.58. The lowest BCUT2D eigenvalue weighted by molar-refractivity contribution is -0.0576. The molecule has 0 saturated heterocycles. The van der Waals surface area contributed by atoms with Gasteiger partial charge < -0.3 is 14.9 Å². The van der Waals surface area contributed by atoms with Gasteiger partial charge in [0, 0.05) is 0 Å². The van der Waals surface area contributed by atoms with E-state index in [0.29, 0.717) is 29.6 Å². The van der Waals surface area contributed by atoms with Crippen LogP contribution in [0.25, 0.3) is 0 Å². The van der Waals surface area contributed by atoms with Gasteiger partial charge in [0.1, 0.15) is 0 Å². The van der Waals surface area contributed by atoms with Gasteiger partial charge in [-0.25, -0.2) is 4.57 Å². The predicted molar refractivity (Wildman–Crippen MR) is 131 cm³/mol. The van der Waals surface area contributed by atoms with Gasteiger partial charge in [-0.1, -0.05) is 46.3 Å². The molecule has 9 atom stereocenters. The summed E-state index contributed by atoms with van der Waals surface area (Å²) in [5.41, 5.74) is 1.96. The fourth-order valence-corrected chi connectivity index (χ4v) is 9.42. The molecule has 0 amide bonds. The molecule has 0 aromatic carbocycles. The first-order valence-corrected chi connectivity index (χ1v) is 15.0. The van der Waals surface area contributed by atoms with E-state index in [1.165, 1.54) is 31.3 Å². The minimum atomic E-state index is -4.43. The quantitative estimate of drug-likeness (QED) is 0.286. The first-order chi connectivity index (χ1) is 15.3. The maximum Gasteiger partial charge on any atom is 0.469 e. The molecule has 0 heterocycles. The number of rotatable bonds is 7. The van der Waals surface area contributed by atoms with Crippen molar-refractivity contribution in [1.29, 1.82) is 0 Å². The largest absolute Gasteiger partial charge is 0.469 e. The zero-order valence-electron chi connectivity index (χ0n) is 21.4. The summed E-state index contributed by atoms with van der Waals surface area (Å²) in [6, 6.07) is 0. The van der Waals surface area contributed by atoms with Crippen molar-refractivity contribution in [3.63, 3.8) is 0 Å². The smallest absolute Gasteiger partial charge is 0.393 e. The summed E-state index contributed by atoms with van der Waals surface area (Å²) < 4.78 is 16.5. The maximum atomic E-state index is 11.4. The Bertz CT molecular complexity index is 789. The minimum Gasteiger partial charge on any atom is -0.393 e. The number of phosphoric acid groups is 1. The zero-order valence-corrected chi connectivity index (χ0v) is 22.3. The highest BCUT2D eigenvalue weighted by Gasteiger charge is 2.59. The average molecular weight is 483 g/mol. The molecule has 6 heteroatoms. The standard InChI is InChI=1S/C27H47O5P/c1-17(2)25(28)11-6-18(3)22-9-10-23-21-8-7-19-16-20(32-33(29,30)31)12-14-26(19,4)24(21)13-15-27(22,23)5/h7,17-18,20-25,28H,6,8-16H2,1-5H3,(H2,29,30,31)/t18-,20+,21+,22-,23+,24+,25+,26+,27-/m1/s1. The van der Waals surface area contributed by atoms with Crippen LogP contribution in [0.2, 0.25) is 0 Å². The number of hydrogen-bond acceptors (Lipinski definition) is 3. The van der Waals surface area contributed by atoms with Gasteiger partial charge in [-0.2, -0.15) is 0 Å². The lowest BCUT2D eigenvalue weighted by atomic mass is 9.47. The van der Waals surface area contributed by atoms with Crippen LogP contribution in [-0.2, 0) is 9.09 Å². The van der Waals surface area contributed by atoms with Crippen LogP contribution in [0.1, 0.15) is 98.8 Å². The molecule has 4 aliphatic carbocycles. The van der Waals surface area contributed by atoms with Crippen LogP contribution in [0, 0.1) is 46.3 Å². The summed E-state index contributed by atoms with van der Waals surface area (Å²) in [7, 11) is -4.43. The van der Waals surface area contributed by atoms with E-state index in [9.17, 15) is 19.5 Å². The van der Waals surface area contributed by atoms with Crippen LogP contribution in [0.3, 0.4) is 0 Å². The van der Waals surface area contributed by atoms with Crippen LogP contribution in [0.4, 0.5) is 0 Å². The fraction of sp³-hybridized carbons (Fsp3) is 0.926. The van der Waals surface area contributed by atoms with E-state index in [2.05, 4.69) is 40.7 Å². The summed E-state index contributed by atoms with van der Waals surface area (Å²) in [6.07, 6.45) is 12.7. The second kappa shape index (κ2) is 9.36. The van der Waals surface area contributed by atoms with Crippen LogP contribution in [0.15, 0.2) is 11.6 Å². The molecule has 0 bridgehead atoms. The Balaban J connectivity index is 1.46. The molecule has 0 unspecified atom stereocenters. The van der Waals surface area contributed by atoms with E-state index in [0.717, 1.165) is 49.9 Å². The van der Waals surface area contributed by atoms with Crippen LogP contribution in [-0.4, -0.2) is 27.1 Å². The highest BCUT2D eigenvalue weighted by atomic mass is 31.2. The average Bonchev–Trinajstić information content (AvgIpc) is 3.08. The van der Waals surface area contributed by atoms with Gasteiger partial charge in [-0.3, -0.25) is 4.52 Å². The van der Waals surface area contributed by atoms with Gasteiger partial charge in [0.05, 0.1) is 12.2 Å². The lowest BCUT2D eigenvalue weighted by Crippen LogP contribution is -2.51. The molecular formula is C27H47O5P. The summed E-state index contributed by atoms with van der Waals surface area (Å²) >= 11 is 0. The molecule has 190 valence electrons. The third kappa shape index (κ3) is 4.92. The van der Waals surface area contributed by atoms with Crippen molar-refractivity contribution < 1.29 is 24.0 Å². The van der Waals surface area contributed by atoms with Gasteiger partial charge in [0.15, 0.2) is 0 Å². The number of hydrogen-bond donors (Lipinski definition) is 3. The molecule has 3 N–H and O–H groups in total. The second-order valence-corrected chi connectivity index (χ2v) is 14.0. The molecule has 0 aliphatic heterocycles. The van der Waals surface area contributed by atoms with Crippen LogP contribution >= 0.6 is 7.82 Å². The normalized spacial score (nSPS) is 42.8. The van der Waals surface area contributed by atoms with Crippen molar-refractivity contribution in [2.45, 2.75) is 111 Å². The Morgan fingerprint density at radius 1 is 1.06 bits per heavy atom. The molecule has 4 aliphatic rings. The number of aliphatic hydroxyl groups excluding tert-OH is 1. The van der Waals surface area contributed by atoms with E-state index < -0.39 is 7.82 Å². The molecule has 0 radical (unpaired) electrons. The van der Waals surface area contributed by atoms with Crippen LogP contribution < -0.4 is 0 Å². The Kier molecular flexibility index (Phi) is 7.34. The summed E-state index contributed by atoms with van der Waals surface area (Å²) in [5, 5.41) is 10.3. The monoisotopic (exact) mass is 482 g/mol. The molecule has 0 aromatic heterocycles. The molecule has 0 spiro atoms. The predicted octanol–water partition coefficient (Wildman–Crippen LogP) is 6.48. The highest BCUT2D eigenvalue weighted by molar-refractivity contribution is 7.46. The van der Waals surface area contributed by atoms with E-state index in [4.69, 9.17) is 4.52 Å². The summed E-state index contributed by atoms with van der Waals surface area (Å²) in [6.45, 7) is 11.7. The van der Waals surface area contributed by atoms with E-state index in [1.807, 2.05) is 0 Å². The molecule has 0 aromatic rings. The van der Waals surface area contributed by atoms with Gasteiger partial charge in [-0.05, 0) is 111 Å². The third-order valence-electron chi connectivity index (χ3n) is 10.8. The molecule has 4 rings (SSSR count). The van der Waals surface area contributed by atoms with E-state index >= 15 is 0 Å². The van der Waals surface area contributed by atoms with Crippen molar-refractivity contribution in [1.82, 2.24) is 0 Å². The maximum absolute atomic E-state index is 11.4. The molecule has 33 heavy (non-hydrogen) atoms. The van der Waals surface area contributed by atoms with E-state index in [1.54, 1.807) is 0 Å². The van der Waals surface area contributed by atoms with Crippen molar-refractivity contribution in [2.75, 3.05) is 0 Å². The molecular weight excluding hydrogens is 435 g/mol. The minimum absolute atomic E-state index is 0.157. The zero-order chi connectivity index (χ0) is 24.2. The van der Waals surface area contributed by atoms with Gasteiger partial charge in [0.2, 0.25) is 0 Å². The van der Waals surface area contributed by atoms with Crippen molar-refractivity contribution in [2.24, 2.45) is 46.3 Å². The van der Waals surface area contributed by atoms with Crippen LogP contribution in [0.5, 0.6) is 0 Å².